The number of aliphatic carboxylic acids is 1. The highest BCUT2D eigenvalue weighted by molar-refractivity contribution is 5.71. The van der Waals surface area contributed by atoms with Crippen LogP contribution in [0.1, 0.15) is 11.1 Å². The summed E-state index contributed by atoms with van der Waals surface area (Å²) in [6, 6.07) is 5.03. The van der Waals surface area contributed by atoms with Crippen LogP contribution in [-0.2, 0) is 11.2 Å². The van der Waals surface area contributed by atoms with E-state index in [1.165, 1.54) is 7.11 Å². The number of carboxylic acids is 1. The highest BCUT2D eigenvalue weighted by Crippen LogP contribution is 2.20. The van der Waals surface area contributed by atoms with Gasteiger partial charge in [-0.3, -0.25) is 4.79 Å². The Morgan fingerprint density at radius 1 is 1.50 bits per heavy atom. The molecule has 0 bridgehead atoms. The van der Waals surface area contributed by atoms with Crippen LogP contribution < -0.4 is 4.74 Å². The van der Waals surface area contributed by atoms with E-state index in [1.807, 2.05) is 0 Å². The Morgan fingerprint density at radius 2 is 2.25 bits per heavy atom. The lowest BCUT2D eigenvalue weighted by molar-refractivity contribution is -0.136. The third-order valence-electron chi connectivity index (χ3n) is 1.93. The summed E-state index contributed by atoms with van der Waals surface area (Å²) in [5.41, 5.74) is 1.23. The molecule has 0 atom stereocenters. The predicted molar refractivity (Wildman–Crippen MR) is 58.3 cm³/mol. The van der Waals surface area contributed by atoms with Gasteiger partial charge in [-0.15, -0.1) is 0 Å². The van der Waals surface area contributed by atoms with Gasteiger partial charge in [0.15, 0.2) is 0 Å². The monoisotopic (exact) mass is 220 g/mol. The number of carboxylic acid groups (broad SMARTS) is 1. The Morgan fingerprint density at radius 3 is 2.81 bits per heavy atom. The fraction of sp³-hybridized carbons (Fsp3) is 0.250. The Bertz CT molecular complexity index is 440. The number of carbonyl (C=O) groups is 1. The molecule has 0 radical (unpaired) electrons. The topological polar surface area (TPSA) is 66.8 Å². The van der Waals surface area contributed by atoms with E-state index in [4.69, 9.17) is 14.9 Å². The Labute approximate surface area is 93.5 Å². The summed E-state index contributed by atoms with van der Waals surface area (Å²) in [5.74, 6) is 4.81. The number of rotatable bonds is 3. The number of aliphatic hydroxyl groups excluding tert-OH is 1. The fourth-order valence-electron chi connectivity index (χ4n) is 1.30. The zero-order valence-electron chi connectivity index (χ0n) is 8.86. The van der Waals surface area contributed by atoms with Crippen LogP contribution >= 0.6 is 0 Å². The van der Waals surface area contributed by atoms with Crippen molar-refractivity contribution in [2.75, 3.05) is 13.7 Å². The molecule has 0 fully saturated rings. The van der Waals surface area contributed by atoms with Crippen LogP contribution in [0.25, 0.3) is 0 Å². The van der Waals surface area contributed by atoms with E-state index < -0.39 is 5.97 Å². The standard InChI is InChI=1S/C12H12O4/c1-16-11-5-4-9(3-2-6-13)7-10(11)8-12(14)15/h4-5,7,13H,6,8H2,1H3,(H,14,15). The minimum atomic E-state index is -0.925. The van der Waals surface area contributed by atoms with Gasteiger partial charge >= 0.3 is 5.97 Å². The average Bonchev–Trinajstić information content (AvgIpc) is 2.26. The summed E-state index contributed by atoms with van der Waals surface area (Å²) in [6.45, 7) is -0.222. The molecule has 0 amide bonds. The van der Waals surface area contributed by atoms with Crippen LogP contribution in [0, 0.1) is 11.8 Å². The second-order valence-electron chi connectivity index (χ2n) is 3.06. The molecule has 4 heteroatoms. The van der Waals surface area contributed by atoms with Crippen molar-refractivity contribution in [3.05, 3.63) is 29.3 Å². The number of ether oxygens (including phenoxy) is 1. The molecule has 0 aliphatic carbocycles. The SMILES string of the molecule is COc1ccc(C#CCO)cc1CC(=O)O. The van der Waals surface area contributed by atoms with Gasteiger partial charge in [-0.1, -0.05) is 11.8 Å². The molecular weight excluding hydrogens is 208 g/mol. The smallest absolute Gasteiger partial charge is 0.307 e. The van der Waals surface area contributed by atoms with Gasteiger partial charge in [0.1, 0.15) is 12.4 Å². The number of hydrogen-bond acceptors (Lipinski definition) is 3. The molecule has 0 aliphatic heterocycles. The first-order valence-corrected chi connectivity index (χ1v) is 4.66. The highest BCUT2D eigenvalue weighted by Gasteiger charge is 2.07. The summed E-state index contributed by atoms with van der Waals surface area (Å²) in [5, 5.41) is 17.3. The largest absolute Gasteiger partial charge is 0.496 e. The lowest BCUT2D eigenvalue weighted by atomic mass is 10.1. The first-order chi connectivity index (χ1) is 7.67. The maximum Gasteiger partial charge on any atom is 0.307 e. The van der Waals surface area contributed by atoms with E-state index in [-0.39, 0.29) is 13.0 Å². The zero-order chi connectivity index (χ0) is 12.0. The van der Waals surface area contributed by atoms with Crippen molar-refractivity contribution < 1.29 is 19.7 Å². The van der Waals surface area contributed by atoms with Crippen molar-refractivity contribution >= 4 is 5.97 Å². The predicted octanol–water partition coefficient (Wildman–Crippen LogP) is 0.666. The van der Waals surface area contributed by atoms with E-state index in [1.54, 1.807) is 18.2 Å². The van der Waals surface area contributed by atoms with E-state index in [0.717, 1.165) is 0 Å². The van der Waals surface area contributed by atoms with E-state index in [0.29, 0.717) is 16.9 Å². The van der Waals surface area contributed by atoms with Gasteiger partial charge in [0.05, 0.1) is 13.5 Å². The summed E-state index contributed by atoms with van der Waals surface area (Å²) in [4.78, 5) is 10.6. The van der Waals surface area contributed by atoms with Crippen LogP contribution in [0.4, 0.5) is 0 Å². The summed E-state index contributed by atoms with van der Waals surface area (Å²) in [7, 11) is 1.49. The molecule has 0 saturated carbocycles. The van der Waals surface area contributed by atoms with E-state index >= 15 is 0 Å². The Kier molecular flexibility index (Phi) is 4.37. The molecule has 0 saturated heterocycles. The number of hydrogen-bond donors (Lipinski definition) is 2. The summed E-state index contributed by atoms with van der Waals surface area (Å²) in [6.07, 6.45) is -0.113. The number of aliphatic hydroxyl groups is 1. The van der Waals surface area contributed by atoms with Crippen LogP contribution in [0.3, 0.4) is 0 Å². The van der Waals surface area contributed by atoms with Gasteiger partial charge < -0.3 is 14.9 Å². The van der Waals surface area contributed by atoms with Crippen molar-refractivity contribution in [2.45, 2.75) is 6.42 Å². The lowest BCUT2D eigenvalue weighted by Gasteiger charge is -2.06. The van der Waals surface area contributed by atoms with Gasteiger partial charge in [0, 0.05) is 11.1 Å². The first kappa shape index (κ1) is 12.1. The second kappa shape index (κ2) is 5.79. The molecule has 0 unspecified atom stereocenters. The molecule has 16 heavy (non-hydrogen) atoms. The van der Waals surface area contributed by atoms with E-state index in [9.17, 15) is 4.79 Å². The van der Waals surface area contributed by atoms with Crippen LogP contribution in [0.5, 0.6) is 5.75 Å². The quantitative estimate of drug-likeness (QED) is 0.734. The maximum atomic E-state index is 10.6. The number of benzene rings is 1. The third-order valence-corrected chi connectivity index (χ3v) is 1.93. The molecule has 0 aromatic heterocycles. The Hall–Kier alpha value is -1.99. The van der Waals surface area contributed by atoms with Crippen molar-refractivity contribution in [3.63, 3.8) is 0 Å². The normalized spacial score (nSPS) is 9.12. The van der Waals surface area contributed by atoms with Gasteiger partial charge in [-0.05, 0) is 18.2 Å². The van der Waals surface area contributed by atoms with Crippen LogP contribution in [-0.4, -0.2) is 29.9 Å². The van der Waals surface area contributed by atoms with Crippen molar-refractivity contribution in [3.8, 4) is 17.6 Å². The molecule has 1 rings (SSSR count). The van der Waals surface area contributed by atoms with Crippen molar-refractivity contribution in [1.82, 2.24) is 0 Å². The second-order valence-corrected chi connectivity index (χ2v) is 3.06. The minimum absolute atomic E-state index is 0.113. The molecule has 0 spiro atoms. The molecule has 1 aromatic rings. The minimum Gasteiger partial charge on any atom is -0.496 e. The molecule has 4 nitrogen and oxygen atoms in total. The third kappa shape index (κ3) is 3.30. The lowest BCUT2D eigenvalue weighted by Crippen LogP contribution is -2.02. The Balaban J connectivity index is 3.05. The molecule has 0 aliphatic rings. The van der Waals surface area contributed by atoms with Gasteiger partial charge in [-0.25, -0.2) is 0 Å². The van der Waals surface area contributed by atoms with Gasteiger partial charge in [-0.2, -0.15) is 0 Å². The maximum absolute atomic E-state index is 10.6. The highest BCUT2D eigenvalue weighted by atomic mass is 16.5. The zero-order valence-corrected chi connectivity index (χ0v) is 8.86. The summed E-state index contributed by atoms with van der Waals surface area (Å²) < 4.78 is 5.04. The molecule has 84 valence electrons. The van der Waals surface area contributed by atoms with Crippen LogP contribution in [0.15, 0.2) is 18.2 Å². The van der Waals surface area contributed by atoms with Crippen molar-refractivity contribution in [2.24, 2.45) is 0 Å². The van der Waals surface area contributed by atoms with E-state index in [2.05, 4.69) is 11.8 Å². The molecule has 1 aromatic carbocycles. The van der Waals surface area contributed by atoms with Gasteiger partial charge in [0.25, 0.3) is 0 Å². The first-order valence-electron chi connectivity index (χ1n) is 4.66. The number of methoxy groups -OCH3 is 1. The molecule has 0 heterocycles. The average molecular weight is 220 g/mol. The van der Waals surface area contributed by atoms with Gasteiger partial charge in [0.2, 0.25) is 0 Å². The molecule has 2 N–H and O–H groups in total. The van der Waals surface area contributed by atoms with Crippen LogP contribution in [0.2, 0.25) is 0 Å². The van der Waals surface area contributed by atoms with Crippen molar-refractivity contribution in [1.29, 1.82) is 0 Å². The molecular formula is C12H12O4. The fourth-order valence-corrected chi connectivity index (χ4v) is 1.30. The summed E-state index contributed by atoms with van der Waals surface area (Å²) >= 11 is 0.